The van der Waals surface area contributed by atoms with Crippen molar-refractivity contribution in [3.8, 4) is 16.9 Å². The highest BCUT2D eigenvalue weighted by Crippen LogP contribution is 2.42. The van der Waals surface area contributed by atoms with Crippen molar-refractivity contribution in [2.45, 2.75) is 12.1 Å². The third-order valence-electron chi connectivity index (χ3n) is 3.57. The fraction of sp³-hybridized carbons (Fsp3) is 0.235. The zero-order valence-corrected chi connectivity index (χ0v) is 16.0. The minimum atomic E-state index is -3.60. The first-order valence-corrected chi connectivity index (χ1v) is 10.4. The summed E-state index contributed by atoms with van der Waals surface area (Å²) < 4.78 is 34.8. The highest BCUT2D eigenvalue weighted by atomic mass is 32.2. The van der Waals surface area contributed by atoms with Gasteiger partial charge in [0, 0.05) is 23.6 Å². The number of benzene rings is 1. The summed E-state index contributed by atoms with van der Waals surface area (Å²) >= 11 is 1.15. The van der Waals surface area contributed by atoms with Gasteiger partial charge in [0.2, 0.25) is 15.0 Å². The van der Waals surface area contributed by atoms with E-state index in [1.54, 1.807) is 18.2 Å². The minimum Gasteiger partial charge on any atom is -0.493 e. The van der Waals surface area contributed by atoms with E-state index >= 15 is 0 Å². The number of sulfone groups is 1. The molecule has 0 saturated heterocycles. The summed E-state index contributed by atoms with van der Waals surface area (Å²) in [4.78, 5) is 20.7. The van der Waals surface area contributed by atoms with Gasteiger partial charge in [-0.2, -0.15) is 0 Å². The predicted molar refractivity (Wildman–Crippen MR) is 98.5 cm³/mol. The number of hydrogen-bond acceptors (Lipinski definition) is 8. The highest BCUT2D eigenvalue weighted by molar-refractivity contribution is 7.90. The Morgan fingerprint density at radius 2 is 2.00 bits per heavy atom. The fourth-order valence-electron chi connectivity index (χ4n) is 2.50. The third kappa shape index (κ3) is 3.27. The molecule has 0 aliphatic carbocycles. The Kier molecular flexibility index (Phi) is 4.92. The van der Waals surface area contributed by atoms with Gasteiger partial charge in [0.15, 0.2) is 0 Å². The summed E-state index contributed by atoms with van der Waals surface area (Å²) in [5.74, 6) is 0.0366. The van der Waals surface area contributed by atoms with Crippen LogP contribution < -0.4 is 4.74 Å². The number of carbonyl (C=O) groups is 1. The SMILES string of the molecule is CCOc1ccccc1-c1c(C(=O)OC)sc2cnc(S(C)(=O)=O)nc12. The lowest BCUT2D eigenvalue weighted by Gasteiger charge is -2.10. The second kappa shape index (κ2) is 7.00. The summed E-state index contributed by atoms with van der Waals surface area (Å²) in [6.45, 7) is 2.30. The van der Waals surface area contributed by atoms with Gasteiger partial charge in [0.25, 0.3) is 0 Å². The molecule has 2 aromatic heterocycles. The van der Waals surface area contributed by atoms with Crippen molar-refractivity contribution in [3.63, 3.8) is 0 Å². The molecule has 0 aliphatic heterocycles. The smallest absolute Gasteiger partial charge is 0.348 e. The van der Waals surface area contributed by atoms with E-state index in [1.165, 1.54) is 13.3 Å². The topological polar surface area (TPSA) is 95.5 Å². The summed E-state index contributed by atoms with van der Waals surface area (Å²) in [6.07, 6.45) is 2.44. The number of carbonyl (C=O) groups excluding carboxylic acids is 1. The average molecular weight is 392 g/mol. The van der Waals surface area contributed by atoms with Crippen LogP contribution in [0.3, 0.4) is 0 Å². The van der Waals surface area contributed by atoms with Gasteiger partial charge in [0.1, 0.15) is 10.6 Å². The molecule has 1 aromatic carbocycles. The molecule has 0 fully saturated rings. The Balaban J connectivity index is 2.39. The number of para-hydroxylation sites is 1. The van der Waals surface area contributed by atoms with Crippen LogP contribution in [0.25, 0.3) is 21.3 Å². The van der Waals surface area contributed by atoms with E-state index < -0.39 is 15.8 Å². The first-order chi connectivity index (χ1) is 12.4. The third-order valence-corrected chi connectivity index (χ3v) is 5.52. The maximum Gasteiger partial charge on any atom is 0.348 e. The lowest BCUT2D eigenvalue weighted by atomic mass is 10.0. The van der Waals surface area contributed by atoms with Crippen molar-refractivity contribution >= 4 is 37.4 Å². The summed E-state index contributed by atoms with van der Waals surface area (Å²) in [6, 6.07) is 7.20. The van der Waals surface area contributed by atoms with E-state index in [2.05, 4.69) is 9.97 Å². The van der Waals surface area contributed by atoms with Crippen LogP contribution in [0.2, 0.25) is 0 Å². The molecule has 0 aliphatic rings. The number of hydrogen-bond donors (Lipinski definition) is 0. The Hall–Kier alpha value is -2.52. The molecule has 26 heavy (non-hydrogen) atoms. The Morgan fingerprint density at radius 1 is 1.27 bits per heavy atom. The van der Waals surface area contributed by atoms with Crippen LogP contribution in [-0.2, 0) is 14.6 Å². The molecule has 0 spiro atoms. The van der Waals surface area contributed by atoms with E-state index in [4.69, 9.17) is 9.47 Å². The van der Waals surface area contributed by atoms with Crippen molar-refractivity contribution in [1.29, 1.82) is 0 Å². The van der Waals surface area contributed by atoms with Crippen LogP contribution in [-0.4, -0.2) is 44.3 Å². The molecule has 0 saturated carbocycles. The van der Waals surface area contributed by atoms with Crippen LogP contribution in [0.4, 0.5) is 0 Å². The first-order valence-electron chi connectivity index (χ1n) is 7.67. The fourth-order valence-corrected chi connectivity index (χ4v) is 4.04. The monoisotopic (exact) mass is 392 g/mol. The van der Waals surface area contributed by atoms with Crippen molar-refractivity contribution in [2.75, 3.05) is 20.0 Å². The number of rotatable bonds is 5. The lowest BCUT2D eigenvalue weighted by Crippen LogP contribution is -2.04. The molecule has 0 bridgehead atoms. The van der Waals surface area contributed by atoms with Gasteiger partial charge < -0.3 is 9.47 Å². The number of fused-ring (bicyclic) bond motifs is 1. The average Bonchev–Trinajstić information content (AvgIpc) is 2.99. The molecule has 2 heterocycles. The number of methoxy groups -OCH3 is 1. The molecule has 136 valence electrons. The molecule has 3 rings (SSSR count). The number of ether oxygens (including phenoxy) is 2. The van der Waals surface area contributed by atoms with E-state index in [9.17, 15) is 13.2 Å². The number of esters is 1. The van der Waals surface area contributed by atoms with Crippen molar-refractivity contribution in [1.82, 2.24) is 9.97 Å². The van der Waals surface area contributed by atoms with E-state index in [0.717, 1.165) is 17.6 Å². The van der Waals surface area contributed by atoms with Gasteiger partial charge >= 0.3 is 5.97 Å². The molecule has 0 N–H and O–H groups in total. The van der Waals surface area contributed by atoms with Crippen LogP contribution >= 0.6 is 11.3 Å². The zero-order chi connectivity index (χ0) is 18.9. The maximum absolute atomic E-state index is 12.3. The second-order valence-electron chi connectivity index (χ2n) is 5.36. The van der Waals surface area contributed by atoms with E-state index in [-0.39, 0.29) is 5.16 Å². The van der Waals surface area contributed by atoms with Crippen molar-refractivity contribution in [3.05, 3.63) is 35.3 Å². The molecular formula is C17H16N2O5S2. The highest BCUT2D eigenvalue weighted by Gasteiger charge is 2.25. The molecule has 0 unspecified atom stereocenters. The van der Waals surface area contributed by atoms with E-state index in [1.807, 2.05) is 13.0 Å². The van der Waals surface area contributed by atoms with Gasteiger partial charge in [-0.25, -0.2) is 23.2 Å². The molecule has 3 aromatic rings. The first kappa shape index (κ1) is 18.3. The standard InChI is InChI=1S/C17H16N2O5S2/c1-4-24-11-8-6-5-7-10(11)13-14-12(25-15(13)16(20)23-2)9-18-17(19-14)26(3,21)22/h5-9H,4H2,1-3H3. The summed E-state index contributed by atoms with van der Waals surface area (Å²) in [7, 11) is -2.30. The van der Waals surface area contributed by atoms with Crippen LogP contribution in [0.1, 0.15) is 16.6 Å². The van der Waals surface area contributed by atoms with Gasteiger partial charge in [-0.3, -0.25) is 0 Å². The van der Waals surface area contributed by atoms with Gasteiger partial charge in [-0.1, -0.05) is 18.2 Å². The van der Waals surface area contributed by atoms with Crippen molar-refractivity contribution < 1.29 is 22.7 Å². The normalized spacial score (nSPS) is 11.5. The number of aromatic nitrogens is 2. The van der Waals surface area contributed by atoms with E-state index in [0.29, 0.717) is 38.6 Å². The largest absolute Gasteiger partial charge is 0.493 e. The number of thiophene rings is 1. The van der Waals surface area contributed by atoms with Crippen LogP contribution in [0, 0.1) is 0 Å². The van der Waals surface area contributed by atoms with Crippen LogP contribution in [0.15, 0.2) is 35.6 Å². The molecular weight excluding hydrogens is 376 g/mol. The summed E-state index contributed by atoms with van der Waals surface area (Å²) in [5, 5.41) is -0.297. The molecule has 9 heteroatoms. The lowest BCUT2D eigenvalue weighted by molar-refractivity contribution is 0.0607. The second-order valence-corrected chi connectivity index (χ2v) is 8.33. The van der Waals surface area contributed by atoms with Gasteiger partial charge in [0.05, 0.1) is 23.9 Å². The van der Waals surface area contributed by atoms with Gasteiger partial charge in [-0.05, 0) is 13.0 Å². The molecule has 0 amide bonds. The number of nitrogens with zero attached hydrogens (tertiary/aromatic N) is 2. The summed E-state index contributed by atoms with van der Waals surface area (Å²) in [5.41, 5.74) is 1.49. The quantitative estimate of drug-likeness (QED) is 0.486. The Labute approximate surface area is 154 Å². The molecule has 0 radical (unpaired) electrons. The predicted octanol–water partition coefficient (Wildman–Crippen LogP) is 2.95. The maximum atomic E-state index is 12.3. The van der Waals surface area contributed by atoms with Crippen LogP contribution in [0.5, 0.6) is 5.75 Å². The minimum absolute atomic E-state index is 0.297. The van der Waals surface area contributed by atoms with Crippen molar-refractivity contribution in [2.24, 2.45) is 0 Å². The Bertz CT molecular complexity index is 1090. The van der Waals surface area contributed by atoms with Gasteiger partial charge in [-0.15, -0.1) is 11.3 Å². The molecule has 0 atom stereocenters. The Morgan fingerprint density at radius 3 is 2.65 bits per heavy atom. The zero-order valence-electron chi connectivity index (χ0n) is 14.3. The molecule has 7 nitrogen and oxygen atoms in total.